The van der Waals surface area contributed by atoms with Crippen LogP contribution < -0.4 is 5.73 Å². The van der Waals surface area contributed by atoms with Gasteiger partial charge < -0.3 is 10.3 Å². The quantitative estimate of drug-likeness (QED) is 0.877. The molecule has 2 aromatic heterocycles. The van der Waals surface area contributed by atoms with Gasteiger partial charge in [-0.25, -0.2) is 4.98 Å². The van der Waals surface area contributed by atoms with Gasteiger partial charge in [0.05, 0.1) is 0 Å². The highest BCUT2D eigenvalue weighted by molar-refractivity contribution is 5.25. The molecular weight excluding hydrogens is 224 g/mol. The first-order valence-corrected chi connectivity index (χ1v) is 6.38. The van der Waals surface area contributed by atoms with Gasteiger partial charge in [-0.15, -0.1) is 0 Å². The Bertz CT molecular complexity index is 504. The van der Waals surface area contributed by atoms with E-state index in [1.54, 1.807) is 6.20 Å². The first-order chi connectivity index (χ1) is 8.72. The van der Waals surface area contributed by atoms with Crippen molar-refractivity contribution in [2.24, 2.45) is 5.73 Å². The number of aromatic nitrogens is 3. The molecular formula is C14H20N4. The van der Waals surface area contributed by atoms with Crippen LogP contribution in [0.4, 0.5) is 0 Å². The van der Waals surface area contributed by atoms with E-state index in [0.717, 1.165) is 30.8 Å². The Labute approximate surface area is 108 Å². The van der Waals surface area contributed by atoms with Gasteiger partial charge in [-0.1, -0.05) is 6.92 Å². The summed E-state index contributed by atoms with van der Waals surface area (Å²) in [5.41, 5.74) is 8.55. The summed E-state index contributed by atoms with van der Waals surface area (Å²) in [4.78, 5) is 8.54. The lowest BCUT2D eigenvalue weighted by atomic mass is 10.0. The van der Waals surface area contributed by atoms with Crippen molar-refractivity contribution < 1.29 is 0 Å². The molecule has 0 aliphatic heterocycles. The van der Waals surface area contributed by atoms with Gasteiger partial charge in [0, 0.05) is 43.8 Å². The standard InChI is InChI=1S/C14H20N4/c1-3-7-18-8-6-17-14(18)9-13(15)12-10-16-5-4-11(12)2/h4-6,8,10,13H,3,7,9,15H2,1-2H3. The molecule has 0 aliphatic carbocycles. The van der Waals surface area contributed by atoms with E-state index in [4.69, 9.17) is 5.73 Å². The van der Waals surface area contributed by atoms with E-state index in [0.29, 0.717) is 0 Å². The van der Waals surface area contributed by atoms with Crippen molar-refractivity contribution in [2.45, 2.75) is 39.3 Å². The second-order valence-corrected chi connectivity index (χ2v) is 4.58. The van der Waals surface area contributed by atoms with Crippen LogP contribution in [-0.2, 0) is 13.0 Å². The van der Waals surface area contributed by atoms with Gasteiger partial charge in [-0.3, -0.25) is 4.98 Å². The summed E-state index contributed by atoms with van der Waals surface area (Å²) in [6, 6.07) is 1.95. The maximum absolute atomic E-state index is 6.26. The third-order valence-electron chi connectivity index (χ3n) is 3.15. The molecule has 4 nitrogen and oxygen atoms in total. The van der Waals surface area contributed by atoms with E-state index in [2.05, 4.69) is 28.4 Å². The third kappa shape index (κ3) is 2.76. The van der Waals surface area contributed by atoms with Crippen LogP contribution in [0.1, 0.15) is 36.3 Å². The molecule has 0 bridgehead atoms. The Hall–Kier alpha value is -1.68. The van der Waals surface area contributed by atoms with Gasteiger partial charge >= 0.3 is 0 Å². The molecule has 0 aliphatic rings. The molecule has 2 aromatic rings. The van der Waals surface area contributed by atoms with Gasteiger partial charge in [0.2, 0.25) is 0 Å². The summed E-state index contributed by atoms with van der Waals surface area (Å²) >= 11 is 0. The van der Waals surface area contributed by atoms with Crippen molar-refractivity contribution in [3.05, 3.63) is 47.8 Å². The second kappa shape index (κ2) is 5.78. The minimum absolute atomic E-state index is 0.0447. The van der Waals surface area contributed by atoms with Gasteiger partial charge in [-0.2, -0.15) is 0 Å². The number of rotatable bonds is 5. The van der Waals surface area contributed by atoms with E-state index in [1.807, 2.05) is 24.7 Å². The van der Waals surface area contributed by atoms with Crippen LogP contribution in [0.5, 0.6) is 0 Å². The molecule has 4 heteroatoms. The zero-order valence-corrected chi connectivity index (χ0v) is 11.0. The Morgan fingerprint density at radius 1 is 1.39 bits per heavy atom. The number of imidazole rings is 1. The molecule has 96 valence electrons. The van der Waals surface area contributed by atoms with Crippen molar-refractivity contribution in [3.63, 3.8) is 0 Å². The number of aryl methyl sites for hydroxylation is 2. The van der Waals surface area contributed by atoms with Crippen LogP contribution in [-0.4, -0.2) is 14.5 Å². The number of pyridine rings is 1. The second-order valence-electron chi connectivity index (χ2n) is 4.58. The normalized spacial score (nSPS) is 12.6. The molecule has 0 saturated heterocycles. The fourth-order valence-electron chi connectivity index (χ4n) is 2.15. The Morgan fingerprint density at radius 3 is 2.94 bits per heavy atom. The van der Waals surface area contributed by atoms with Crippen molar-refractivity contribution in [3.8, 4) is 0 Å². The predicted molar refractivity (Wildman–Crippen MR) is 72.1 cm³/mol. The minimum atomic E-state index is -0.0447. The van der Waals surface area contributed by atoms with Crippen molar-refractivity contribution in [1.29, 1.82) is 0 Å². The molecule has 2 N–H and O–H groups in total. The summed E-state index contributed by atoms with van der Waals surface area (Å²) < 4.78 is 2.17. The monoisotopic (exact) mass is 244 g/mol. The zero-order chi connectivity index (χ0) is 13.0. The lowest BCUT2D eigenvalue weighted by Crippen LogP contribution is -2.17. The van der Waals surface area contributed by atoms with Gasteiger partial charge in [-0.05, 0) is 30.5 Å². The van der Waals surface area contributed by atoms with Crippen LogP contribution >= 0.6 is 0 Å². The predicted octanol–water partition coefficient (Wildman–Crippen LogP) is 2.24. The van der Waals surface area contributed by atoms with E-state index in [-0.39, 0.29) is 6.04 Å². The fraction of sp³-hybridized carbons (Fsp3) is 0.429. The van der Waals surface area contributed by atoms with E-state index < -0.39 is 0 Å². The lowest BCUT2D eigenvalue weighted by molar-refractivity contribution is 0.596. The first kappa shape index (κ1) is 12.8. The van der Waals surface area contributed by atoms with Crippen LogP contribution in [0, 0.1) is 6.92 Å². The summed E-state index contributed by atoms with van der Waals surface area (Å²) in [6.45, 7) is 5.22. The fourth-order valence-corrected chi connectivity index (χ4v) is 2.15. The lowest BCUT2D eigenvalue weighted by Gasteiger charge is -2.14. The van der Waals surface area contributed by atoms with Gasteiger partial charge in [0.25, 0.3) is 0 Å². The Kier molecular flexibility index (Phi) is 4.10. The minimum Gasteiger partial charge on any atom is -0.335 e. The number of hydrogen-bond donors (Lipinski definition) is 1. The van der Waals surface area contributed by atoms with Gasteiger partial charge in [0.15, 0.2) is 0 Å². The average Bonchev–Trinajstić information content (AvgIpc) is 2.78. The molecule has 2 heterocycles. The molecule has 0 saturated carbocycles. The van der Waals surface area contributed by atoms with Crippen molar-refractivity contribution in [1.82, 2.24) is 14.5 Å². The molecule has 0 spiro atoms. The van der Waals surface area contributed by atoms with Crippen LogP contribution in [0.15, 0.2) is 30.9 Å². The van der Waals surface area contributed by atoms with Crippen LogP contribution in [0.2, 0.25) is 0 Å². The summed E-state index contributed by atoms with van der Waals surface area (Å²) in [6.07, 6.45) is 9.36. The molecule has 0 aromatic carbocycles. The van der Waals surface area contributed by atoms with E-state index in [1.165, 1.54) is 5.56 Å². The highest BCUT2D eigenvalue weighted by atomic mass is 15.1. The van der Waals surface area contributed by atoms with Crippen molar-refractivity contribution in [2.75, 3.05) is 0 Å². The SMILES string of the molecule is CCCn1ccnc1CC(N)c1cnccc1C. The summed E-state index contributed by atoms with van der Waals surface area (Å²) in [5, 5.41) is 0. The Morgan fingerprint density at radius 2 is 2.22 bits per heavy atom. The molecule has 0 amide bonds. The highest BCUT2D eigenvalue weighted by Crippen LogP contribution is 2.17. The highest BCUT2D eigenvalue weighted by Gasteiger charge is 2.13. The van der Waals surface area contributed by atoms with Gasteiger partial charge in [0.1, 0.15) is 5.82 Å². The largest absolute Gasteiger partial charge is 0.335 e. The van der Waals surface area contributed by atoms with Crippen LogP contribution in [0.3, 0.4) is 0 Å². The number of hydrogen-bond acceptors (Lipinski definition) is 3. The van der Waals surface area contributed by atoms with Crippen LogP contribution in [0.25, 0.3) is 0 Å². The molecule has 0 radical (unpaired) electrons. The Balaban J connectivity index is 2.14. The smallest absolute Gasteiger partial charge is 0.110 e. The molecule has 1 atom stereocenters. The van der Waals surface area contributed by atoms with E-state index >= 15 is 0 Å². The number of nitrogens with two attached hydrogens (primary N) is 1. The summed E-state index contributed by atoms with van der Waals surface area (Å²) in [7, 11) is 0. The van der Waals surface area contributed by atoms with Crippen molar-refractivity contribution >= 4 is 0 Å². The maximum Gasteiger partial charge on any atom is 0.110 e. The molecule has 0 fully saturated rings. The zero-order valence-electron chi connectivity index (χ0n) is 11.0. The van der Waals surface area contributed by atoms with E-state index in [9.17, 15) is 0 Å². The third-order valence-corrected chi connectivity index (χ3v) is 3.15. The molecule has 18 heavy (non-hydrogen) atoms. The molecule has 2 rings (SSSR count). The first-order valence-electron chi connectivity index (χ1n) is 6.38. The number of nitrogens with zero attached hydrogens (tertiary/aromatic N) is 3. The topological polar surface area (TPSA) is 56.7 Å². The molecule has 1 unspecified atom stereocenters. The average molecular weight is 244 g/mol. The maximum atomic E-state index is 6.26. The summed E-state index contributed by atoms with van der Waals surface area (Å²) in [5.74, 6) is 1.05.